The van der Waals surface area contributed by atoms with E-state index in [1.54, 1.807) is 6.07 Å². The van der Waals surface area contributed by atoms with Crippen molar-refractivity contribution < 1.29 is 4.79 Å². The number of carbonyl (C=O) groups is 1. The maximum absolute atomic E-state index is 13.4. The molecule has 0 fully saturated rings. The van der Waals surface area contributed by atoms with Crippen LogP contribution in [0.3, 0.4) is 0 Å². The highest BCUT2D eigenvalue weighted by Gasteiger charge is 2.52. The molecule has 1 unspecified atom stereocenters. The Morgan fingerprint density at radius 2 is 1.69 bits per heavy atom. The summed E-state index contributed by atoms with van der Waals surface area (Å²) in [6, 6.07) is 18.9. The fourth-order valence-corrected chi connectivity index (χ4v) is 4.64. The molecule has 1 atom stereocenters. The normalized spacial score (nSPS) is 18.0. The number of amides is 1. The Balaban J connectivity index is 1.92. The van der Waals surface area contributed by atoms with Crippen molar-refractivity contribution in [3.05, 3.63) is 93.0 Å². The van der Waals surface area contributed by atoms with Crippen molar-refractivity contribution in [2.24, 2.45) is 0 Å². The predicted octanol–water partition coefficient (Wildman–Crippen LogP) is 4.92. The fraction of sp³-hybridized carbons (Fsp3) is 0.174. The van der Waals surface area contributed by atoms with E-state index in [0.717, 1.165) is 27.9 Å². The lowest BCUT2D eigenvalue weighted by Gasteiger charge is -2.35. The molecule has 6 heteroatoms. The minimum atomic E-state index is -1.06. The molecule has 0 radical (unpaired) electrons. The van der Waals surface area contributed by atoms with E-state index < -0.39 is 5.54 Å². The van der Waals surface area contributed by atoms with Crippen LogP contribution in [0.4, 0.5) is 11.4 Å². The summed E-state index contributed by atoms with van der Waals surface area (Å²) in [5, 5.41) is 4.21. The lowest BCUT2D eigenvalue weighted by atomic mass is 9.81. The summed E-state index contributed by atoms with van der Waals surface area (Å²) in [7, 11) is 3.75. The van der Waals surface area contributed by atoms with Crippen LogP contribution in [0, 0.1) is 0 Å². The predicted molar refractivity (Wildman–Crippen MR) is 120 cm³/mol. The van der Waals surface area contributed by atoms with Gasteiger partial charge in [0.25, 0.3) is 5.91 Å². The summed E-state index contributed by atoms with van der Waals surface area (Å²) in [5.41, 5.74) is 9.79. The third-order valence-electron chi connectivity index (χ3n) is 5.45. The molecule has 0 saturated carbocycles. The van der Waals surface area contributed by atoms with Crippen LogP contribution in [0.5, 0.6) is 0 Å². The average molecular weight is 426 g/mol. The van der Waals surface area contributed by atoms with E-state index in [1.807, 2.05) is 73.6 Å². The number of anilines is 2. The van der Waals surface area contributed by atoms with Gasteiger partial charge in [0, 0.05) is 26.9 Å². The molecule has 3 N–H and O–H groups in total. The molecule has 3 aromatic carbocycles. The number of hydrogen-bond acceptors (Lipinski definition) is 3. The summed E-state index contributed by atoms with van der Waals surface area (Å²) in [4.78, 5) is 15.3. The maximum Gasteiger partial charge on any atom is 0.254 e. The number of likely N-dealkylation sites (N-methyl/N-ethyl adjacent to an activating group) is 1. The monoisotopic (exact) mass is 425 g/mol. The summed E-state index contributed by atoms with van der Waals surface area (Å²) in [6.45, 7) is 0. The van der Waals surface area contributed by atoms with Crippen LogP contribution in [0.15, 0.2) is 60.7 Å². The van der Waals surface area contributed by atoms with Gasteiger partial charge >= 0.3 is 0 Å². The fourth-order valence-electron chi connectivity index (χ4n) is 4.12. The molecule has 1 heterocycles. The first-order valence-corrected chi connectivity index (χ1v) is 10.0. The lowest BCUT2D eigenvalue weighted by Crippen LogP contribution is -2.48. The second kappa shape index (κ2) is 7.38. The Bertz CT molecular complexity index is 1100. The zero-order valence-electron chi connectivity index (χ0n) is 16.2. The van der Waals surface area contributed by atoms with Crippen molar-refractivity contribution in [3.63, 3.8) is 0 Å². The number of carbonyl (C=O) groups excluding carboxylic acids is 1. The van der Waals surface area contributed by atoms with Crippen molar-refractivity contribution in [3.8, 4) is 0 Å². The molecule has 29 heavy (non-hydrogen) atoms. The molecule has 4 rings (SSSR count). The minimum absolute atomic E-state index is 0.147. The molecular weight excluding hydrogens is 405 g/mol. The molecule has 0 aromatic heterocycles. The van der Waals surface area contributed by atoms with Crippen molar-refractivity contribution >= 4 is 40.5 Å². The highest BCUT2D eigenvalue weighted by molar-refractivity contribution is 6.32. The highest BCUT2D eigenvalue weighted by Crippen LogP contribution is 2.48. The second-order valence-corrected chi connectivity index (χ2v) is 8.29. The Hall–Kier alpha value is -2.53. The Labute approximate surface area is 180 Å². The van der Waals surface area contributed by atoms with Crippen LogP contribution in [-0.4, -0.2) is 24.9 Å². The SMILES string of the molecule is CN(C)C1(c2ccccc2Cl)C(=O)Nc2c(Cc3ccc(N)cc3)cc(Cl)cc21. The van der Waals surface area contributed by atoms with Gasteiger partial charge in [-0.1, -0.05) is 53.5 Å². The molecule has 0 bridgehead atoms. The largest absolute Gasteiger partial charge is 0.399 e. The number of nitrogen functional groups attached to an aromatic ring is 1. The molecular formula is C23H21Cl2N3O. The van der Waals surface area contributed by atoms with Crippen molar-refractivity contribution in [1.82, 2.24) is 4.90 Å². The maximum atomic E-state index is 13.4. The van der Waals surface area contributed by atoms with Crippen LogP contribution >= 0.6 is 23.2 Å². The molecule has 1 amide bonds. The van der Waals surface area contributed by atoms with Gasteiger partial charge in [-0.25, -0.2) is 0 Å². The van der Waals surface area contributed by atoms with Crippen LogP contribution in [-0.2, 0) is 16.8 Å². The highest BCUT2D eigenvalue weighted by atomic mass is 35.5. The molecule has 1 aliphatic rings. The Morgan fingerprint density at radius 3 is 2.34 bits per heavy atom. The van der Waals surface area contributed by atoms with Gasteiger partial charge in [-0.3, -0.25) is 9.69 Å². The smallest absolute Gasteiger partial charge is 0.254 e. The number of rotatable bonds is 4. The summed E-state index contributed by atoms with van der Waals surface area (Å²) >= 11 is 13.1. The van der Waals surface area contributed by atoms with Crippen LogP contribution < -0.4 is 11.1 Å². The van der Waals surface area contributed by atoms with E-state index in [2.05, 4.69) is 5.32 Å². The van der Waals surface area contributed by atoms with Gasteiger partial charge in [0.15, 0.2) is 5.54 Å². The zero-order valence-corrected chi connectivity index (χ0v) is 17.7. The van der Waals surface area contributed by atoms with Gasteiger partial charge in [-0.05, 0) is 62.0 Å². The summed E-state index contributed by atoms with van der Waals surface area (Å²) in [5.74, 6) is -0.147. The van der Waals surface area contributed by atoms with E-state index in [1.165, 1.54) is 0 Å². The first kappa shape index (κ1) is 19.8. The third-order valence-corrected chi connectivity index (χ3v) is 6.00. The Kier molecular flexibility index (Phi) is 5.03. The van der Waals surface area contributed by atoms with Gasteiger partial charge in [0.05, 0.1) is 5.69 Å². The number of fused-ring (bicyclic) bond motifs is 1. The quantitative estimate of drug-likeness (QED) is 0.582. The topological polar surface area (TPSA) is 58.4 Å². The Morgan fingerprint density at radius 1 is 1.00 bits per heavy atom. The standard InChI is InChI=1S/C23H21Cl2N3O/c1-28(2)23(18-5-3-4-6-20(18)25)19-13-16(24)12-15(21(19)27-22(23)29)11-14-7-9-17(26)10-8-14/h3-10,12-13H,11,26H2,1-2H3,(H,27,29). The number of hydrogen-bond donors (Lipinski definition) is 2. The number of nitrogens with two attached hydrogens (primary N) is 1. The van der Waals surface area contributed by atoms with Gasteiger partial charge in [-0.2, -0.15) is 0 Å². The molecule has 3 aromatic rings. The van der Waals surface area contributed by atoms with E-state index in [0.29, 0.717) is 22.2 Å². The lowest BCUT2D eigenvalue weighted by molar-refractivity contribution is -0.123. The van der Waals surface area contributed by atoms with Crippen molar-refractivity contribution in [2.75, 3.05) is 25.1 Å². The van der Waals surface area contributed by atoms with Gasteiger partial charge in [0.1, 0.15) is 0 Å². The number of halogens is 2. The summed E-state index contributed by atoms with van der Waals surface area (Å²) < 4.78 is 0. The molecule has 148 valence electrons. The van der Waals surface area contributed by atoms with E-state index >= 15 is 0 Å². The molecule has 0 aliphatic carbocycles. The van der Waals surface area contributed by atoms with Crippen molar-refractivity contribution in [1.29, 1.82) is 0 Å². The number of benzene rings is 3. The van der Waals surface area contributed by atoms with Crippen LogP contribution in [0.25, 0.3) is 0 Å². The zero-order chi connectivity index (χ0) is 20.8. The van der Waals surface area contributed by atoms with E-state index in [9.17, 15) is 4.79 Å². The first-order chi connectivity index (χ1) is 13.8. The first-order valence-electron chi connectivity index (χ1n) is 9.25. The molecule has 0 spiro atoms. The van der Waals surface area contributed by atoms with Gasteiger partial charge in [-0.15, -0.1) is 0 Å². The molecule has 1 aliphatic heterocycles. The molecule has 0 saturated heterocycles. The number of nitrogens with zero attached hydrogens (tertiary/aromatic N) is 1. The minimum Gasteiger partial charge on any atom is -0.399 e. The second-order valence-electron chi connectivity index (χ2n) is 7.44. The van der Waals surface area contributed by atoms with Crippen LogP contribution in [0.2, 0.25) is 10.0 Å². The van der Waals surface area contributed by atoms with Gasteiger partial charge in [0.2, 0.25) is 0 Å². The van der Waals surface area contributed by atoms with E-state index in [4.69, 9.17) is 28.9 Å². The van der Waals surface area contributed by atoms with Gasteiger partial charge < -0.3 is 11.1 Å². The molecule has 4 nitrogen and oxygen atoms in total. The average Bonchev–Trinajstić information content (AvgIpc) is 2.97. The summed E-state index contributed by atoms with van der Waals surface area (Å²) in [6.07, 6.45) is 0.621. The van der Waals surface area contributed by atoms with Crippen LogP contribution in [0.1, 0.15) is 22.3 Å². The number of nitrogens with one attached hydrogen (secondary N) is 1. The van der Waals surface area contributed by atoms with E-state index in [-0.39, 0.29) is 5.91 Å². The van der Waals surface area contributed by atoms with Crippen molar-refractivity contribution in [2.45, 2.75) is 12.0 Å². The third kappa shape index (κ3) is 3.18.